The van der Waals surface area contributed by atoms with Gasteiger partial charge in [0.05, 0.1) is 6.61 Å². The van der Waals surface area contributed by atoms with Gasteiger partial charge in [0.15, 0.2) is 0 Å². The quantitative estimate of drug-likeness (QED) is 0.621. The third kappa shape index (κ3) is 4.28. The summed E-state index contributed by atoms with van der Waals surface area (Å²) in [6.45, 7) is 2.66. The molecule has 0 aliphatic heterocycles. The fraction of sp³-hybridized carbons (Fsp3) is 0.294. The average molecular weight is 322 g/mol. The van der Waals surface area contributed by atoms with E-state index in [1.54, 1.807) is 25.3 Å². The summed E-state index contributed by atoms with van der Waals surface area (Å²) >= 11 is 5.74. The minimum Gasteiger partial charge on any atom is -0.468 e. The molecule has 1 aliphatic carbocycles. The van der Waals surface area contributed by atoms with Gasteiger partial charge in [-0.05, 0) is 48.4 Å². The fourth-order valence-corrected chi connectivity index (χ4v) is 2.47. The minimum atomic E-state index is -0.109. The van der Waals surface area contributed by atoms with Gasteiger partial charge in [0.1, 0.15) is 11.0 Å². The average Bonchev–Trinajstić information content (AvgIpc) is 3.30. The van der Waals surface area contributed by atoms with Crippen LogP contribution in [0.1, 0.15) is 36.3 Å². The van der Waals surface area contributed by atoms with Crippen LogP contribution in [0, 0.1) is 5.82 Å². The smallest absolute Gasteiger partial charge is 0.293 e. The molecule has 2 aromatic rings. The lowest BCUT2D eigenvalue weighted by molar-refractivity contribution is -0.128. The Hall–Kier alpha value is -1.94. The number of benzene rings is 1. The monoisotopic (exact) mass is 321 g/mol. The second-order valence-corrected chi connectivity index (χ2v) is 5.32. The van der Waals surface area contributed by atoms with E-state index >= 15 is 0 Å². The SMILES string of the molecule is CCOC=O.Fc1ccccc1[C@H]1CC1c1ccc(Cl)nc1. The molecule has 3 rings (SSSR count). The Labute approximate surface area is 134 Å². The number of hydrogen-bond donors (Lipinski definition) is 0. The van der Waals surface area contributed by atoms with Crippen LogP contribution in [-0.2, 0) is 9.53 Å². The van der Waals surface area contributed by atoms with Gasteiger partial charge >= 0.3 is 0 Å². The molecule has 1 fully saturated rings. The highest BCUT2D eigenvalue weighted by Crippen LogP contribution is 2.54. The molecule has 1 unspecified atom stereocenters. The molecule has 0 N–H and O–H groups in total. The first-order valence-corrected chi connectivity index (χ1v) is 7.46. The van der Waals surface area contributed by atoms with E-state index in [1.165, 1.54) is 6.07 Å². The number of carbonyl (C=O) groups excluding carboxylic acids is 1. The maximum atomic E-state index is 13.6. The van der Waals surface area contributed by atoms with Crippen LogP contribution in [0.25, 0.3) is 0 Å². The fourth-order valence-electron chi connectivity index (χ4n) is 2.36. The Morgan fingerprint density at radius 3 is 2.64 bits per heavy atom. The van der Waals surface area contributed by atoms with Crippen molar-refractivity contribution in [3.63, 3.8) is 0 Å². The summed E-state index contributed by atoms with van der Waals surface area (Å²) < 4.78 is 17.7. The maximum Gasteiger partial charge on any atom is 0.293 e. The third-order valence-corrected chi connectivity index (χ3v) is 3.73. The summed E-state index contributed by atoms with van der Waals surface area (Å²) in [4.78, 5) is 13.2. The van der Waals surface area contributed by atoms with E-state index in [1.807, 2.05) is 18.2 Å². The molecular formula is C17H17ClFNO2. The topological polar surface area (TPSA) is 39.2 Å². The highest BCUT2D eigenvalue weighted by Gasteiger charge is 2.40. The van der Waals surface area contributed by atoms with Gasteiger partial charge < -0.3 is 4.74 Å². The first-order valence-electron chi connectivity index (χ1n) is 7.08. The number of nitrogens with zero attached hydrogens (tertiary/aromatic N) is 1. The molecule has 0 amide bonds. The largest absolute Gasteiger partial charge is 0.468 e. The van der Waals surface area contributed by atoms with Crippen molar-refractivity contribution in [2.75, 3.05) is 6.61 Å². The summed E-state index contributed by atoms with van der Waals surface area (Å²) in [5, 5.41) is 0.497. The van der Waals surface area contributed by atoms with Gasteiger partial charge in [-0.25, -0.2) is 9.37 Å². The van der Waals surface area contributed by atoms with Crippen molar-refractivity contribution < 1.29 is 13.9 Å². The van der Waals surface area contributed by atoms with Gasteiger partial charge in [-0.2, -0.15) is 0 Å². The molecule has 2 atom stereocenters. The van der Waals surface area contributed by atoms with Crippen LogP contribution in [0.3, 0.4) is 0 Å². The summed E-state index contributed by atoms with van der Waals surface area (Å²) in [5.41, 5.74) is 1.95. The zero-order valence-electron chi connectivity index (χ0n) is 12.2. The summed E-state index contributed by atoms with van der Waals surface area (Å²) in [7, 11) is 0. The Kier molecular flexibility index (Phi) is 5.90. The van der Waals surface area contributed by atoms with E-state index in [9.17, 15) is 9.18 Å². The predicted molar refractivity (Wildman–Crippen MR) is 83.4 cm³/mol. The second kappa shape index (κ2) is 7.90. The molecule has 0 bridgehead atoms. The van der Waals surface area contributed by atoms with Gasteiger partial charge in [0, 0.05) is 6.20 Å². The summed E-state index contributed by atoms with van der Waals surface area (Å²) in [5.74, 6) is 0.567. The molecule has 3 nitrogen and oxygen atoms in total. The van der Waals surface area contributed by atoms with Crippen molar-refractivity contribution >= 4 is 18.1 Å². The standard InChI is InChI=1S/C14H11ClFN.C3H6O2/c15-14-6-5-9(8-17-14)11-7-12(11)10-3-1-2-4-13(10)16;1-2-5-3-4/h1-6,8,11-12H,7H2;3H,2H2,1H3/t11?,12-;/m1./s1. The van der Waals surface area contributed by atoms with Gasteiger partial charge in [-0.3, -0.25) is 4.79 Å². The second-order valence-electron chi connectivity index (χ2n) is 4.94. The van der Waals surface area contributed by atoms with Gasteiger partial charge in [0.25, 0.3) is 6.47 Å². The highest BCUT2D eigenvalue weighted by molar-refractivity contribution is 6.29. The number of rotatable bonds is 4. The minimum absolute atomic E-state index is 0.109. The lowest BCUT2D eigenvalue weighted by Gasteiger charge is -2.02. The van der Waals surface area contributed by atoms with Gasteiger partial charge in [-0.15, -0.1) is 0 Å². The van der Waals surface area contributed by atoms with Crippen molar-refractivity contribution in [3.8, 4) is 0 Å². The van der Waals surface area contributed by atoms with E-state index in [0.717, 1.165) is 17.5 Å². The molecule has 0 saturated heterocycles. The van der Waals surface area contributed by atoms with Gasteiger partial charge in [-0.1, -0.05) is 35.9 Å². The Bertz CT molecular complexity index is 618. The van der Waals surface area contributed by atoms with E-state index < -0.39 is 0 Å². The van der Waals surface area contributed by atoms with Crippen LogP contribution in [0.15, 0.2) is 42.6 Å². The van der Waals surface area contributed by atoms with Crippen molar-refractivity contribution in [2.45, 2.75) is 25.2 Å². The van der Waals surface area contributed by atoms with Crippen LogP contribution in [0.4, 0.5) is 4.39 Å². The molecule has 1 aromatic heterocycles. The lowest BCUT2D eigenvalue weighted by Crippen LogP contribution is -1.89. The lowest BCUT2D eigenvalue weighted by atomic mass is 10.1. The molecule has 0 radical (unpaired) electrons. The zero-order valence-corrected chi connectivity index (χ0v) is 13.0. The van der Waals surface area contributed by atoms with Gasteiger partial charge in [0.2, 0.25) is 0 Å². The van der Waals surface area contributed by atoms with Crippen LogP contribution in [0.2, 0.25) is 5.15 Å². The Morgan fingerprint density at radius 2 is 2.09 bits per heavy atom. The summed E-state index contributed by atoms with van der Waals surface area (Å²) in [6, 6.07) is 10.7. The van der Waals surface area contributed by atoms with Crippen LogP contribution >= 0.6 is 11.6 Å². The molecule has 22 heavy (non-hydrogen) atoms. The zero-order chi connectivity index (χ0) is 15.9. The molecule has 5 heteroatoms. The predicted octanol–water partition coefficient (Wildman–Crippen LogP) is 4.32. The Balaban J connectivity index is 0.000000309. The van der Waals surface area contributed by atoms with E-state index in [4.69, 9.17) is 11.6 Å². The first kappa shape index (κ1) is 16.4. The molecule has 0 spiro atoms. The molecule has 116 valence electrons. The number of ether oxygens (including phenoxy) is 1. The molecule has 1 heterocycles. The third-order valence-electron chi connectivity index (χ3n) is 3.51. The summed E-state index contributed by atoms with van der Waals surface area (Å²) in [6.07, 6.45) is 2.78. The maximum absolute atomic E-state index is 13.6. The van der Waals surface area contributed by atoms with E-state index in [-0.39, 0.29) is 5.82 Å². The van der Waals surface area contributed by atoms with Crippen LogP contribution in [-0.4, -0.2) is 18.1 Å². The normalized spacial score (nSPS) is 18.9. The molecule has 1 aliphatic rings. The van der Waals surface area contributed by atoms with Crippen LogP contribution in [0.5, 0.6) is 0 Å². The van der Waals surface area contributed by atoms with Crippen molar-refractivity contribution in [2.24, 2.45) is 0 Å². The number of pyridine rings is 1. The Morgan fingerprint density at radius 1 is 1.32 bits per heavy atom. The highest BCUT2D eigenvalue weighted by atomic mass is 35.5. The number of halogens is 2. The van der Waals surface area contributed by atoms with Crippen molar-refractivity contribution in [1.82, 2.24) is 4.98 Å². The number of carbonyl (C=O) groups is 1. The van der Waals surface area contributed by atoms with E-state index in [0.29, 0.717) is 30.1 Å². The van der Waals surface area contributed by atoms with Crippen molar-refractivity contribution in [3.05, 3.63) is 64.7 Å². The number of aromatic nitrogens is 1. The molecule has 1 aromatic carbocycles. The first-order chi connectivity index (χ1) is 10.7. The molecule has 1 saturated carbocycles. The van der Waals surface area contributed by atoms with E-state index in [2.05, 4.69) is 9.72 Å². The van der Waals surface area contributed by atoms with Crippen molar-refractivity contribution in [1.29, 1.82) is 0 Å². The molecular weight excluding hydrogens is 305 g/mol. The number of hydrogen-bond acceptors (Lipinski definition) is 3. The van der Waals surface area contributed by atoms with Crippen LogP contribution < -0.4 is 0 Å².